The Morgan fingerprint density at radius 1 is 0.605 bits per heavy atom. The normalized spacial score (nSPS) is 10.6. The predicted octanol–water partition coefficient (Wildman–Crippen LogP) is 7.85. The van der Waals surface area contributed by atoms with Crippen molar-refractivity contribution in [3.8, 4) is 11.1 Å². The average molecular weight is 578 g/mol. The first kappa shape index (κ1) is 31.0. The summed E-state index contributed by atoms with van der Waals surface area (Å²) in [6.07, 6.45) is 2.20. The fourth-order valence-electron chi connectivity index (χ4n) is 4.29. The molecule has 0 N–H and O–H groups in total. The number of hydrogen-bond acceptors (Lipinski definition) is 7. The molecule has 0 unspecified atom stereocenters. The third-order valence-corrected chi connectivity index (χ3v) is 6.79. The largest absolute Gasteiger partial charge is 0.435 e. The lowest BCUT2D eigenvalue weighted by atomic mass is 10.00. The van der Waals surface area contributed by atoms with Gasteiger partial charge in [-0.25, -0.2) is 9.59 Å². The highest BCUT2D eigenvalue weighted by Gasteiger charge is 2.13. The molecule has 0 radical (unpaired) electrons. The van der Waals surface area contributed by atoms with E-state index in [4.69, 9.17) is 18.9 Å². The van der Waals surface area contributed by atoms with Crippen LogP contribution in [0.25, 0.3) is 11.1 Å². The van der Waals surface area contributed by atoms with Crippen LogP contribution >= 0.6 is 0 Å². The van der Waals surface area contributed by atoms with Crippen molar-refractivity contribution in [2.45, 2.75) is 27.1 Å². The number of esters is 2. The van der Waals surface area contributed by atoms with Crippen molar-refractivity contribution in [1.29, 1.82) is 0 Å². The summed E-state index contributed by atoms with van der Waals surface area (Å²) >= 11 is 0. The molecule has 220 valence electrons. The van der Waals surface area contributed by atoms with Crippen LogP contribution in [-0.4, -0.2) is 25.5 Å². The van der Waals surface area contributed by atoms with Crippen molar-refractivity contribution in [3.05, 3.63) is 139 Å². The van der Waals surface area contributed by atoms with Gasteiger partial charge >= 0.3 is 11.9 Å². The standard InChI is InChI=1S/C36H35NO6/c1-5-35(38)42-24-40-22-28-8-15-32(16-9-28)37(33-17-10-29(11-18-33)23-41-25-43-36(39)6-2)34-19-13-30(14-20-34)31-12-7-26(3)27(4)21-31/h5-21H,1-2,22-25H2,3-4H3. The third kappa shape index (κ3) is 8.75. The molecule has 0 saturated carbocycles. The van der Waals surface area contributed by atoms with E-state index < -0.39 is 11.9 Å². The fraction of sp³-hybridized carbons (Fsp3) is 0.167. The minimum atomic E-state index is -0.525. The Kier molecular flexibility index (Phi) is 11.0. The van der Waals surface area contributed by atoms with Crippen LogP contribution in [0, 0.1) is 13.8 Å². The number of rotatable bonds is 14. The second kappa shape index (κ2) is 15.3. The van der Waals surface area contributed by atoms with E-state index in [9.17, 15) is 9.59 Å². The second-order valence-corrected chi connectivity index (χ2v) is 9.78. The van der Waals surface area contributed by atoms with E-state index in [0.29, 0.717) is 13.2 Å². The molecule has 0 heterocycles. The van der Waals surface area contributed by atoms with Gasteiger partial charge in [-0.15, -0.1) is 0 Å². The van der Waals surface area contributed by atoms with E-state index in [1.54, 1.807) is 0 Å². The number of carbonyl (C=O) groups is 2. The summed E-state index contributed by atoms with van der Waals surface area (Å²) in [6, 6.07) is 31.0. The summed E-state index contributed by atoms with van der Waals surface area (Å²) in [4.78, 5) is 24.6. The monoisotopic (exact) mass is 577 g/mol. The van der Waals surface area contributed by atoms with Crippen LogP contribution in [0.15, 0.2) is 116 Å². The quantitative estimate of drug-likeness (QED) is 0.0654. The van der Waals surface area contributed by atoms with Crippen LogP contribution in [-0.2, 0) is 41.8 Å². The Morgan fingerprint density at radius 2 is 1.02 bits per heavy atom. The molecule has 0 atom stereocenters. The molecule has 0 amide bonds. The summed E-state index contributed by atoms with van der Waals surface area (Å²) in [7, 11) is 0. The van der Waals surface area contributed by atoms with Gasteiger partial charge in [0, 0.05) is 29.2 Å². The van der Waals surface area contributed by atoms with Gasteiger partial charge in [0.1, 0.15) is 0 Å². The van der Waals surface area contributed by atoms with Gasteiger partial charge in [0.2, 0.25) is 0 Å². The molecule has 0 aliphatic rings. The fourth-order valence-corrected chi connectivity index (χ4v) is 4.29. The SMILES string of the molecule is C=CC(=O)OCOCc1ccc(N(c2ccc(COCOC(=O)C=C)cc2)c2ccc(-c3ccc(C)c(C)c3)cc2)cc1. The van der Waals surface area contributed by atoms with Gasteiger partial charge in [0.25, 0.3) is 0 Å². The lowest BCUT2D eigenvalue weighted by Gasteiger charge is -2.26. The van der Waals surface area contributed by atoms with Gasteiger partial charge in [-0.1, -0.05) is 67.8 Å². The van der Waals surface area contributed by atoms with Gasteiger partial charge in [0.05, 0.1) is 13.2 Å². The first-order valence-electron chi connectivity index (χ1n) is 13.8. The molecule has 0 saturated heterocycles. The first-order chi connectivity index (χ1) is 20.9. The molecule has 0 spiro atoms. The molecule has 43 heavy (non-hydrogen) atoms. The van der Waals surface area contributed by atoms with Crippen molar-refractivity contribution in [3.63, 3.8) is 0 Å². The van der Waals surface area contributed by atoms with Crippen LogP contribution in [0.5, 0.6) is 0 Å². The summed E-state index contributed by atoms with van der Waals surface area (Å²) in [5, 5.41) is 0. The zero-order valence-electron chi connectivity index (χ0n) is 24.5. The zero-order chi connectivity index (χ0) is 30.6. The third-order valence-electron chi connectivity index (χ3n) is 6.79. The molecule has 0 bridgehead atoms. The van der Waals surface area contributed by atoms with E-state index in [1.807, 2.05) is 48.5 Å². The summed E-state index contributed by atoms with van der Waals surface area (Å²) in [6.45, 7) is 11.3. The van der Waals surface area contributed by atoms with E-state index in [-0.39, 0.29) is 13.6 Å². The molecule has 7 nitrogen and oxygen atoms in total. The molecule has 0 aromatic heterocycles. The van der Waals surface area contributed by atoms with Crippen molar-refractivity contribution in [2.24, 2.45) is 0 Å². The Labute approximate surface area is 252 Å². The molecule has 4 aromatic carbocycles. The van der Waals surface area contributed by atoms with E-state index in [0.717, 1.165) is 45.9 Å². The average Bonchev–Trinajstić information content (AvgIpc) is 3.04. The molecular formula is C36H35NO6. The smallest absolute Gasteiger partial charge is 0.332 e. The highest BCUT2D eigenvalue weighted by Crippen LogP contribution is 2.36. The van der Waals surface area contributed by atoms with E-state index in [2.05, 4.69) is 74.4 Å². The van der Waals surface area contributed by atoms with E-state index >= 15 is 0 Å². The minimum Gasteiger partial charge on any atom is -0.435 e. The highest BCUT2D eigenvalue weighted by atomic mass is 16.7. The van der Waals surface area contributed by atoms with Crippen LogP contribution in [0.2, 0.25) is 0 Å². The summed E-state index contributed by atoms with van der Waals surface area (Å²) in [5.74, 6) is -1.05. The Bertz CT molecular complexity index is 1470. The van der Waals surface area contributed by atoms with Gasteiger partial charge in [0.15, 0.2) is 13.6 Å². The molecule has 0 aliphatic heterocycles. The Morgan fingerprint density at radius 3 is 1.44 bits per heavy atom. The molecule has 4 rings (SSSR count). The first-order valence-corrected chi connectivity index (χ1v) is 13.8. The zero-order valence-corrected chi connectivity index (χ0v) is 24.5. The van der Waals surface area contributed by atoms with Crippen LogP contribution in [0.4, 0.5) is 17.1 Å². The maximum absolute atomic E-state index is 11.2. The Hall–Kier alpha value is -4.98. The minimum absolute atomic E-state index is 0.141. The number of nitrogens with zero attached hydrogens (tertiary/aromatic N) is 1. The summed E-state index contributed by atoms with van der Waals surface area (Å²) in [5.41, 5.74) is 9.63. The molecule has 4 aromatic rings. The lowest BCUT2D eigenvalue weighted by molar-refractivity contribution is -0.152. The van der Waals surface area contributed by atoms with Gasteiger partial charge < -0.3 is 23.8 Å². The number of aryl methyl sites for hydroxylation is 2. The molecular weight excluding hydrogens is 542 g/mol. The maximum atomic E-state index is 11.2. The van der Waals surface area contributed by atoms with Crippen LogP contribution in [0.1, 0.15) is 22.3 Å². The number of anilines is 3. The number of hydrogen-bond donors (Lipinski definition) is 0. The molecule has 7 heteroatoms. The van der Waals surface area contributed by atoms with Crippen molar-refractivity contribution in [1.82, 2.24) is 0 Å². The van der Waals surface area contributed by atoms with Gasteiger partial charge in [-0.3, -0.25) is 0 Å². The highest BCUT2D eigenvalue weighted by molar-refractivity contribution is 5.81. The lowest BCUT2D eigenvalue weighted by Crippen LogP contribution is -2.10. The number of ether oxygens (including phenoxy) is 4. The predicted molar refractivity (Wildman–Crippen MR) is 168 cm³/mol. The van der Waals surface area contributed by atoms with Crippen molar-refractivity contribution < 1.29 is 28.5 Å². The Balaban J connectivity index is 1.54. The van der Waals surface area contributed by atoms with Crippen LogP contribution < -0.4 is 4.90 Å². The van der Waals surface area contributed by atoms with Crippen molar-refractivity contribution in [2.75, 3.05) is 18.5 Å². The van der Waals surface area contributed by atoms with E-state index in [1.165, 1.54) is 16.7 Å². The van der Waals surface area contributed by atoms with Crippen molar-refractivity contribution >= 4 is 29.0 Å². The van der Waals surface area contributed by atoms with Gasteiger partial charge in [-0.05, 0) is 83.6 Å². The number of carbonyl (C=O) groups excluding carboxylic acids is 2. The van der Waals surface area contributed by atoms with Crippen LogP contribution in [0.3, 0.4) is 0 Å². The second-order valence-electron chi connectivity index (χ2n) is 9.78. The molecule has 0 fully saturated rings. The molecule has 0 aliphatic carbocycles. The topological polar surface area (TPSA) is 74.3 Å². The maximum Gasteiger partial charge on any atom is 0.332 e. The number of benzene rings is 4. The summed E-state index contributed by atoms with van der Waals surface area (Å²) < 4.78 is 20.7. The van der Waals surface area contributed by atoms with Gasteiger partial charge in [-0.2, -0.15) is 0 Å².